The first-order valence-corrected chi connectivity index (χ1v) is 6.88. The van der Waals surface area contributed by atoms with Crippen LogP contribution in [-0.2, 0) is 0 Å². The summed E-state index contributed by atoms with van der Waals surface area (Å²) in [5.74, 6) is -0.0772. The van der Waals surface area contributed by atoms with Crippen molar-refractivity contribution in [2.45, 2.75) is 38.7 Å². The molecule has 102 valence electrons. The van der Waals surface area contributed by atoms with E-state index in [4.69, 9.17) is 0 Å². The van der Waals surface area contributed by atoms with Crippen molar-refractivity contribution >= 4 is 5.57 Å². The first-order valence-electron chi connectivity index (χ1n) is 6.88. The Morgan fingerprint density at radius 1 is 1.32 bits per heavy atom. The van der Waals surface area contributed by atoms with E-state index in [1.54, 1.807) is 6.07 Å². The van der Waals surface area contributed by atoms with Crippen LogP contribution in [0.15, 0.2) is 24.3 Å². The molecule has 1 aromatic carbocycles. The molecule has 0 aliphatic heterocycles. The van der Waals surface area contributed by atoms with E-state index in [0.717, 1.165) is 37.3 Å². The molecule has 3 heteroatoms. The Bertz CT molecular complexity index is 538. The summed E-state index contributed by atoms with van der Waals surface area (Å²) in [6.07, 6.45) is 5.38. The summed E-state index contributed by atoms with van der Waals surface area (Å²) in [6, 6.07) is 4.33. The maximum absolute atomic E-state index is 13.9. The number of halogens is 1. The molecule has 0 unspecified atom stereocenters. The minimum Gasteiger partial charge on any atom is -0.508 e. The van der Waals surface area contributed by atoms with Crippen LogP contribution in [0.25, 0.3) is 5.57 Å². The number of phenolic OH excluding ortho intramolecular Hbond substituents is 1. The van der Waals surface area contributed by atoms with E-state index in [-0.39, 0.29) is 23.1 Å². The van der Waals surface area contributed by atoms with Gasteiger partial charge in [0.05, 0.1) is 6.10 Å². The third-order valence-electron chi connectivity index (χ3n) is 4.99. The number of benzene rings is 1. The van der Waals surface area contributed by atoms with Gasteiger partial charge in [0.25, 0.3) is 0 Å². The lowest BCUT2D eigenvalue weighted by molar-refractivity contribution is 0.0419. The maximum atomic E-state index is 13.9. The monoisotopic (exact) mass is 262 g/mol. The predicted octanol–water partition coefficient (Wildman–Crippen LogP) is 3.49. The Morgan fingerprint density at radius 3 is 2.84 bits per heavy atom. The third-order valence-corrected chi connectivity index (χ3v) is 4.99. The summed E-state index contributed by atoms with van der Waals surface area (Å²) in [5, 5.41) is 19.4. The highest BCUT2D eigenvalue weighted by Crippen LogP contribution is 2.52. The van der Waals surface area contributed by atoms with Gasteiger partial charge >= 0.3 is 0 Å². The van der Waals surface area contributed by atoms with E-state index in [9.17, 15) is 14.6 Å². The van der Waals surface area contributed by atoms with Crippen molar-refractivity contribution in [2.24, 2.45) is 11.3 Å². The largest absolute Gasteiger partial charge is 0.508 e. The number of aliphatic hydroxyl groups is 1. The molecule has 0 saturated heterocycles. The summed E-state index contributed by atoms with van der Waals surface area (Å²) >= 11 is 0. The molecule has 0 spiro atoms. The van der Waals surface area contributed by atoms with Crippen LogP contribution < -0.4 is 0 Å². The second-order valence-corrected chi connectivity index (χ2v) is 6.06. The zero-order chi connectivity index (χ0) is 13.6. The van der Waals surface area contributed by atoms with Gasteiger partial charge in [0, 0.05) is 17.0 Å². The van der Waals surface area contributed by atoms with Crippen LogP contribution in [0.5, 0.6) is 5.75 Å². The van der Waals surface area contributed by atoms with Crippen LogP contribution in [0.4, 0.5) is 4.39 Å². The zero-order valence-corrected chi connectivity index (χ0v) is 11.1. The topological polar surface area (TPSA) is 40.5 Å². The fourth-order valence-electron chi connectivity index (χ4n) is 3.59. The molecule has 0 bridgehead atoms. The normalized spacial score (nSPS) is 33.9. The average molecular weight is 262 g/mol. The minimum absolute atomic E-state index is 0.0428. The molecule has 0 radical (unpaired) electrons. The number of fused-ring (bicyclic) bond motifs is 1. The van der Waals surface area contributed by atoms with E-state index in [1.165, 1.54) is 6.07 Å². The summed E-state index contributed by atoms with van der Waals surface area (Å²) in [5.41, 5.74) is 1.55. The standard InChI is InChI=1S/C16H19FO2/c1-16-7-6-10(8-11(16)2-5-15(16)19)13-4-3-12(18)9-14(13)17/h3-4,8-9,11,15,18-19H,2,5-7H2,1H3/t11-,15-,16-/m0/s1. The lowest BCUT2D eigenvalue weighted by Gasteiger charge is -2.37. The highest BCUT2D eigenvalue weighted by atomic mass is 19.1. The highest BCUT2D eigenvalue weighted by Gasteiger charge is 2.46. The van der Waals surface area contributed by atoms with Crippen molar-refractivity contribution in [3.8, 4) is 5.75 Å². The molecule has 1 saturated carbocycles. The number of rotatable bonds is 1. The molecule has 2 aliphatic rings. The Kier molecular flexibility index (Phi) is 2.90. The van der Waals surface area contributed by atoms with E-state index < -0.39 is 0 Å². The van der Waals surface area contributed by atoms with Crippen molar-refractivity contribution < 1.29 is 14.6 Å². The number of hydrogen-bond acceptors (Lipinski definition) is 2. The van der Waals surface area contributed by atoms with Crippen molar-refractivity contribution in [3.63, 3.8) is 0 Å². The Balaban J connectivity index is 1.96. The molecule has 3 atom stereocenters. The van der Waals surface area contributed by atoms with Crippen LogP contribution in [-0.4, -0.2) is 16.3 Å². The van der Waals surface area contributed by atoms with Crippen LogP contribution in [0.3, 0.4) is 0 Å². The van der Waals surface area contributed by atoms with Gasteiger partial charge in [-0.1, -0.05) is 13.0 Å². The quantitative estimate of drug-likeness (QED) is 0.813. The fourth-order valence-corrected chi connectivity index (χ4v) is 3.59. The summed E-state index contributed by atoms with van der Waals surface area (Å²) in [6.45, 7) is 2.13. The van der Waals surface area contributed by atoms with Crippen molar-refractivity contribution in [1.82, 2.24) is 0 Å². The van der Waals surface area contributed by atoms with Gasteiger partial charge in [-0.25, -0.2) is 4.39 Å². The van der Waals surface area contributed by atoms with Crippen LogP contribution in [0.2, 0.25) is 0 Å². The van der Waals surface area contributed by atoms with Gasteiger partial charge < -0.3 is 10.2 Å². The van der Waals surface area contributed by atoms with Gasteiger partial charge in [0.2, 0.25) is 0 Å². The number of phenols is 1. The van der Waals surface area contributed by atoms with Crippen LogP contribution >= 0.6 is 0 Å². The predicted molar refractivity (Wildman–Crippen MR) is 72.1 cm³/mol. The molecule has 2 N–H and O–H groups in total. The maximum Gasteiger partial charge on any atom is 0.134 e. The van der Waals surface area contributed by atoms with E-state index in [1.807, 2.05) is 0 Å². The Hall–Kier alpha value is -1.35. The molecular formula is C16H19FO2. The molecule has 1 fully saturated rings. The molecular weight excluding hydrogens is 243 g/mol. The van der Waals surface area contributed by atoms with Crippen LogP contribution in [0, 0.1) is 17.2 Å². The number of aliphatic hydroxyl groups excluding tert-OH is 1. The van der Waals surface area contributed by atoms with Gasteiger partial charge in [-0.2, -0.15) is 0 Å². The lowest BCUT2D eigenvalue weighted by atomic mass is 9.69. The number of allylic oxidation sites excluding steroid dienone is 2. The fraction of sp³-hybridized carbons (Fsp3) is 0.500. The van der Waals surface area contributed by atoms with Crippen molar-refractivity contribution in [1.29, 1.82) is 0 Å². The summed E-state index contributed by atoms with van der Waals surface area (Å²) in [7, 11) is 0. The lowest BCUT2D eigenvalue weighted by Crippen LogP contribution is -2.33. The second kappa shape index (κ2) is 4.34. The van der Waals surface area contributed by atoms with Gasteiger partial charge in [-0.05, 0) is 49.3 Å². The number of aromatic hydroxyl groups is 1. The molecule has 1 aromatic rings. The minimum atomic E-state index is -0.367. The molecule has 2 nitrogen and oxygen atoms in total. The van der Waals surface area contributed by atoms with E-state index >= 15 is 0 Å². The van der Waals surface area contributed by atoms with Gasteiger partial charge in [-0.15, -0.1) is 0 Å². The number of hydrogen-bond donors (Lipinski definition) is 2. The average Bonchev–Trinajstić information content (AvgIpc) is 2.66. The van der Waals surface area contributed by atoms with Gasteiger partial charge in [0.15, 0.2) is 0 Å². The summed E-state index contributed by atoms with van der Waals surface area (Å²) < 4.78 is 13.9. The molecule has 0 heterocycles. The first-order chi connectivity index (χ1) is 9.00. The summed E-state index contributed by atoms with van der Waals surface area (Å²) in [4.78, 5) is 0. The van der Waals surface area contributed by atoms with E-state index in [2.05, 4.69) is 13.0 Å². The van der Waals surface area contributed by atoms with Crippen LogP contribution in [0.1, 0.15) is 38.2 Å². The zero-order valence-electron chi connectivity index (χ0n) is 11.1. The molecule has 0 aromatic heterocycles. The molecule has 19 heavy (non-hydrogen) atoms. The Labute approximate surface area is 112 Å². The molecule has 0 amide bonds. The van der Waals surface area contributed by atoms with Gasteiger partial charge in [-0.3, -0.25) is 0 Å². The smallest absolute Gasteiger partial charge is 0.134 e. The third kappa shape index (κ3) is 1.96. The van der Waals surface area contributed by atoms with Crippen molar-refractivity contribution in [2.75, 3.05) is 0 Å². The van der Waals surface area contributed by atoms with Crippen molar-refractivity contribution in [3.05, 3.63) is 35.7 Å². The van der Waals surface area contributed by atoms with Gasteiger partial charge in [0.1, 0.15) is 11.6 Å². The highest BCUT2D eigenvalue weighted by molar-refractivity contribution is 5.68. The SMILES string of the molecule is C[C@]12CCC(c3ccc(O)cc3F)=C[C@@H]1CC[C@@H]2O. The van der Waals surface area contributed by atoms with E-state index in [0.29, 0.717) is 11.5 Å². The Morgan fingerprint density at radius 2 is 2.11 bits per heavy atom. The molecule has 3 rings (SSSR count). The molecule has 2 aliphatic carbocycles. The first kappa shape index (κ1) is 12.7. The second-order valence-electron chi connectivity index (χ2n) is 6.06.